The largest absolute Gasteiger partial charge is 0.481 e. The van der Waals surface area contributed by atoms with Crippen LogP contribution in [0.3, 0.4) is 0 Å². The summed E-state index contributed by atoms with van der Waals surface area (Å²) in [6.45, 7) is 4.21. The third-order valence-corrected chi connectivity index (χ3v) is 5.55. The second-order valence-corrected chi connectivity index (χ2v) is 6.78. The van der Waals surface area contributed by atoms with Gasteiger partial charge in [-0.2, -0.15) is 0 Å². The molecule has 2 aliphatic rings. The average Bonchev–Trinajstić information content (AvgIpc) is 2.47. The van der Waals surface area contributed by atoms with Gasteiger partial charge >= 0.3 is 5.97 Å². The molecule has 0 aromatic carbocycles. The molecule has 3 N–H and O–H groups in total. The molecule has 2 fully saturated rings. The molecular formula is C16H27NO5. The molecule has 1 aliphatic carbocycles. The Balaban J connectivity index is 1.94. The van der Waals surface area contributed by atoms with Crippen molar-refractivity contribution in [3.8, 4) is 0 Å². The third kappa shape index (κ3) is 3.13. The summed E-state index contributed by atoms with van der Waals surface area (Å²) in [5, 5.41) is 21.6. The van der Waals surface area contributed by atoms with Crippen molar-refractivity contribution in [2.45, 2.75) is 64.0 Å². The summed E-state index contributed by atoms with van der Waals surface area (Å²) >= 11 is 0. The van der Waals surface area contributed by atoms with E-state index in [2.05, 4.69) is 5.32 Å². The van der Waals surface area contributed by atoms with Gasteiger partial charge in [0.05, 0.1) is 23.5 Å². The summed E-state index contributed by atoms with van der Waals surface area (Å²) in [5.74, 6) is -1.19. The number of carbonyl (C=O) groups is 2. The molecule has 1 heterocycles. The minimum absolute atomic E-state index is 0.0000184. The van der Waals surface area contributed by atoms with Gasteiger partial charge in [-0.15, -0.1) is 0 Å². The van der Waals surface area contributed by atoms with Crippen molar-refractivity contribution in [1.82, 2.24) is 5.32 Å². The molecule has 22 heavy (non-hydrogen) atoms. The topological polar surface area (TPSA) is 95.9 Å². The molecule has 0 radical (unpaired) electrons. The fourth-order valence-corrected chi connectivity index (χ4v) is 3.65. The summed E-state index contributed by atoms with van der Waals surface area (Å²) in [7, 11) is 0. The molecule has 0 aromatic rings. The Labute approximate surface area is 131 Å². The maximum absolute atomic E-state index is 12.5. The molecule has 6 heteroatoms. The first-order valence-corrected chi connectivity index (χ1v) is 8.19. The van der Waals surface area contributed by atoms with Crippen molar-refractivity contribution in [1.29, 1.82) is 0 Å². The van der Waals surface area contributed by atoms with Crippen LogP contribution in [0.15, 0.2) is 0 Å². The van der Waals surface area contributed by atoms with Crippen molar-refractivity contribution in [2.24, 2.45) is 11.3 Å². The Morgan fingerprint density at radius 2 is 1.91 bits per heavy atom. The number of amides is 1. The van der Waals surface area contributed by atoms with Gasteiger partial charge in [0.25, 0.3) is 0 Å². The summed E-state index contributed by atoms with van der Waals surface area (Å²) in [4.78, 5) is 23.5. The average molecular weight is 313 g/mol. The highest BCUT2D eigenvalue weighted by Gasteiger charge is 2.51. The van der Waals surface area contributed by atoms with Crippen LogP contribution in [0, 0.1) is 11.3 Å². The monoisotopic (exact) mass is 313 g/mol. The van der Waals surface area contributed by atoms with E-state index in [1.807, 2.05) is 13.8 Å². The lowest BCUT2D eigenvalue weighted by atomic mass is 9.66. The number of aliphatic carboxylic acids is 1. The lowest BCUT2D eigenvalue weighted by Gasteiger charge is -2.50. The maximum Gasteiger partial charge on any atom is 0.306 e. The van der Waals surface area contributed by atoms with E-state index in [9.17, 15) is 14.7 Å². The molecule has 126 valence electrons. The Morgan fingerprint density at radius 3 is 2.41 bits per heavy atom. The highest BCUT2D eigenvalue weighted by Crippen LogP contribution is 2.46. The van der Waals surface area contributed by atoms with E-state index in [0.29, 0.717) is 38.7 Å². The van der Waals surface area contributed by atoms with Crippen LogP contribution in [0.25, 0.3) is 0 Å². The van der Waals surface area contributed by atoms with Gasteiger partial charge in [-0.1, -0.05) is 13.8 Å². The Bertz CT molecular complexity index is 418. The van der Waals surface area contributed by atoms with Crippen LogP contribution in [0.4, 0.5) is 0 Å². The van der Waals surface area contributed by atoms with Crippen molar-refractivity contribution >= 4 is 11.9 Å². The number of aliphatic hydroxyl groups is 1. The van der Waals surface area contributed by atoms with E-state index in [1.54, 1.807) is 0 Å². The summed E-state index contributed by atoms with van der Waals surface area (Å²) in [6, 6.07) is 0.0000184. The van der Waals surface area contributed by atoms with Gasteiger partial charge in [0.1, 0.15) is 0 Å². The van der Waals surface area contributed by atoms with Crippen LogP contribution in [0.2, 0.25) is 0 Å². The Morgan fingerprint density at radius 1 is 1.27 bits per heavy atom. The highest BCUT2D eigenvalue weighted by molar-refractivity contribution is 5.83. The van der Waals surface area contributed by atoms with Crippen LogP contribution in [0.5, 0.6) is 0 Å². The van der Waals surface area contributed by atoms with Crippen LogP contribution in [-0.4, -0.2) is 46.9 Å². The van der Waals surface area contributed by atoms with E-state index in [1.165, 1.54) is 0 Å². The highest BCUT2D eigenvalue weighted by atomic mass is 16.5. The molecule has 1 unspecified atom stereocenters. The minimum Gasteiger partial charge on any atom is -0.481 e. The third-order valence-electron chi connectivity index (χ3n) is 5.55. The molecule has 1 saturated carbocycles. The number of hydrogen-bond donors (Lipinski definition) is 3. The molecule has 2 rings (SSSR count). The number of carboxylic acids is 1. The first-order valence-electron chi connectivity index (χ1n) is 8.19. The normalized spacial score (nSPS) is 31.6. The van der Waals surface area contributed by atoms with Crippen molar-refractivity contribution in [3.63, 3.8) is 0 Å². The number of ether oxygens (including phenoxy) is 1. The maximum atomic E-state index is 12.5. The van der Waals surface area contributed by atoms with Crippen molar-refractivity contribution in [3.05, 3.63) is 0 Å². The van der Waals surface area contributed by atoms with Gasteiger partial charge in [0, 0.05) is 12.6 Å². The number of hydrogen-bond acceptors (Lipinski definition) is 4. The van der Waals surface area contributed by atoms with E-state index >= 15 is 0 Å². The van der Waals surface area contributed by atoms with E-state index in [4.69, 9.17) is 9.84 Å². The minimum atomic E-state index is -0.767. The molecule has 0 aromatic heterocycles. The lowest BCUT2D eigenvalue weighted by Crippen LogP contribution is -2.58. The van der Waals surface area contributed by atoms with Gasteiger partial charge in [-0.05, 0) is 38.5 Å². The van der Waals surface area contributed by atoms with Gasteiger partial charge in [0.15, 0.2) is 0 Å². The predicted molar refractivity (Wildman–Crippen MR) is 80.3 cm³/mol. The molecule has 1 saturated heterocycles. The fourth-order valence-electron chi connectivity index (χ4n) is 3.65. The van der Waals surface area contributed by atoms with Gasteiger partial charge in [0.2, 0.25) is 5.91 Å². The molecule has 1 aliphatic heterocycles. The number of nitrogens with one attached hydrogen (secondary N) is 1. The number of carbonyl (C=O) groups excluding carboxylic acids is 1. The Hall–Kier alpha value is -1.14. The molecule has 1 spiro atoms. The second kappa shape index (κ2) is 6.54. The Kier molecular flexibility index (Phi) is 5.12. The summed E-state index contributed by atoms with van der Waals surface area (Å²) in [5.41, 5.74) is -1.09. The van der Waals surface area contributed by atoms with E-state index in [-0.39, 0.29) is 30.1 Å². The molecular weight excluding hydrogens is 286 g/mol. The summed E-state index contributed by atoms with van der Waals surface area (Å²) < 4.78 is 5.79. The molecule has 6 nitrogen and oxygen atoms in total. The van der Waals surface area contributed by atoms with Crippen LogP contribution < -0.4 is 5.32 Å². The zero-order chi connectivity index (χ0) is 16.4. The number of aliphatic hydroxyl groups excluding tert-OH is 1. The second-order valence-electron chi connectivity index (χ2n) is 6.78. The first kappa shape index (κ1) is 17.2. The molecule has 0 bridgehead atoms. The zero-order valence-electron chi connectivity index (χ0n) is 13.4. The standard InChI is InChI=1S/C16H27NO5/c1-3-15(4-2,10-18)14(21)17-12-5-6-22-16(9-12)7-11(8-16)13(19)20/h11-12,18H,3-10H2,1-2H3,(H,17,21)(H,19,20). The zero-order valence-corrected chi connectivity index (χ0v) is 13.4. The van der Waals surface area contributed by atoms with E-state index < -0.39 is 11.4 Å². The van der Waals surface area contributed by atoms with Crippen molar-refractivity contribution in [2.75, 3.05) is 13.2 Å². The quantitative estimate of drug-likeness (QED) is 0.687. The van der Waals surface area contributed by atoms with Crippen LogP contribution >= 0.6 is 0 Å². The fraction of sp³-hybridized carbons (Fsp3) is 0.875. The van der Waals surface area contributed by atoms with Gasteiger partial charge < -0.3 is 20.3 Å². The molecule has 1 atom stereocenters. The number of carboxylic acid groups (broad SMARTS) is 1. The van der Waals surface area contributed by atoms with Crippen LogP contribution in [0.1, 0.15) is 52.4 Å². The van der Waals surface area contributed by atoms with Crippen LogP contribution in [-0.2, 0) is 14.3 Å². The first-order chi connectivity index (χ1) is 10.4. The summed E-state index contributed by atoms with van der Waals surface area (Å²) in [6.07, 6.45) is 3.66. The molecule has 1 amide bonds. The van der Waals surface area contributed by atoms with Gasteiger partial charge in [-0.3, -0.25) is 9.59 Å². The van der Waals surface area contributed by atoms with Gasteiger partial charge in [-0.25, -0.2) is 0 Å². The predicted octanol–water partition coefficient (Wildman–Crippen LogP) is 1.31. The van der Waals surface area contributed by atoms with Crippen molar-refractivity contribution < 1.29 is 24.5 Å². The number of rotatable bonds is 6. The van der Waals surface area contributed by atoms with E-state index in [0.717, 1.165) is 6.42 Å². The SMILES string of the molecule is CCC(CC)(CO)C(=O)NC1CCOC2(C1)CC(C(=O)O)C2. The lowest BCUT2D eigenvalue weighted by molar-refractivity contribution is -0.182. The smallest absolute Gasteiger partial charge is 0.306 e.